The summed E-state index contributed by atoms with van der Waals surface area (Å²) >= 11 is 0. The van der Waals surface area contributed by atoms with E-state index < -0.39 is 5.91 Å². The predicted octanol–water partition coefficient (Wildman–Crippen LogP) is 3.45. The number of fused-ring (bicyclic) bond motifs is 2. The topological polar surface area (TPSA) is 207 Å². The maximum Gasteiger partial charge on any atom is 0.259 e. The molecule has 4 aromatic rings. The van der Waals surface area contributed by atoms with Crippen LogP contribution in [-0.2, 0) is 29.2 Å². The van der Waals surface area contributed by atoms with Crippen LogP contribution in [0.15, 0.2) is 101 Å². The molecule has 12 heteroatoms. The third-order valence-corrected chi connectivity index (χ3v) is 8.40. The van der Waals surface area contributed by atoms with Gasteiger partial charge in [0.25, 0.3) is 5.91 Å². The molecule has 0 bridgehead atoms. The number of carbonyl (C=O) groups is 3. The van der Waals surface area contributed by atoms with Gasteiger partial charge in [0.2, 0.25) is 11.6 Å². The number of nitrogens with two attached hydrogens (primary N) is 4. The minimum atomic E-state index is -0.399. The van der Waals surface area contributed by atoms with Gasteiger partial charge in [-0.05, 0) is 70.3 Å². The van der Waals surface area contributed by atoms with E-state index in [0.717, 1.165) is 16.7 Å². The van der Waals surface area contributed by atoms with Gasteiger partial charge in [-0.25, -0.2) is 0 Å². The first kappa shape index (κ1) is 32.9. The molecule has 0 fully saturated rings. The molecule has 6 rings (SSSR count). The molecule has 12 nitrogen and oxygen atoms in total. The van der Waals surface area contributed by atoms with Gasteiger partial charge in [0.1, 0.15) is 11.4 Å². The first-order valence-corrected chi connectivity index (χ1v) is 15.6. The minimum absolute atomic E-state index is 0.00709. The molecule has 0 heterocycles. The number of hydrogen-bond donors (Lipinski definition) is 6. The highest BCUT2D eigenvalue weighted by Gasteiger charge is 2.26. The number of ketones is 2. The SMILES string of the molecule is NCc1cc(C(=O)N(CN)c2ccc(N/N=C3\C(=O)C=Cc4ccccc43)cc2)c(CN)c(CN)c1N/N=C1\C(=O)C=Cc2ccccc21. The maximum atomic E-state index is 14.1. The van der Waals surface area contributed by atoms with Gasteiger partial charge >= 0.3 is 0 Å². The van der Waals surface area contributed by atoms with Crippen molar-refractivity contribution in [3.8, 4) is 0 Å². The molecule has 2 aliphatic carbocycles. The lowest BCUT2D eigenvalue weighted by Gasteiger charge is -2.25. The largest absolute Gasteiger partial charge is 0.326 e. The highest BCUT2D eigenvalue weighted by Crippen LogP contribution is 2.31. The van der Waals surface area contributed by atoms with Crippen LogP contribution in [0, 0.1) is 0 Å². The summed E-state index contributed by atoms with van der Waals surface area (Å²) in [5, 5.41) is 8.84. The molecule has 0 saturated carbocycles. The average molecular weight is 654 g/mol. The lowest BCUT2D eigenvalue weighted by molar-refractivity contribution is -0.109. The number of amides is 1. The fraction of sp³-hybridized carbons (Fsp3) is 0.108. The van der Waals surface area contributed by atoms with Crippen LogP contribution in [0.4, 0.5) is 17.1 Å². The van der Waals surface area contributed by atoms with E-state index in [2.05, 4.69) is 21.1 Å². The Morgan fingerprint density at radius 1 is 0.653 bits per heavy atom. The van der Waals surface area contributed by atoms with E-state index in [9.17, 15) is 14.4 Å². The number of allylic oxidation sites excluding steroid dienone is 2. The Labute approximate surface area is 282 Å². The molecule has 246 valence electrons. The molecule has 0 atom stereocenters. The normalized spacial score (nSPS) is 14.9. The highest BCUT2D eigenvalue weighted by molar-refractivity contribution is 6.52. The zero-order valence-corrected chi connectivity index (χ0v) is 26.5. The third-order valence-electron chi connectivity index (χ3n) is 8.40. The zero-order valence-electron chi connectivity index (χ0n) is 26.5. The molecule has 0 saturated heterocycles. The van der Waals surface area contributed by atoms with Crippen molar-refractivity contribution in [3.63, 3.8) is 0 Å². The maximum absolute atomic E-state index is 14.1. The van der Waals surface area contributed by atoms with Crippen molar-refractivity contribution in [1.82, 2.24) is 0 Å². The van der Waals surface area contributed by atoms with Gasteiger partial charge in [-0.3, -0.25) is 30.1 Å². The average Bonchev–Trinajstić information content (AvgIpc) is 3.14. The molecule has 0 aliphatic heterocycles. The Bertz CT molecular complexity index is 2080. The van der Waals surface area contributed by atoms with Crippen molar-refractivity contribution in [1.29, 1.82) is 0 Å². The smallest absolute Gasteiger partial charge is 0.259 e. The first-order valence-electron chi connectivity index (χ1n) is 15.6. The summed E-state index contributed by atoms with van der Waals surface area (Å²) in [7, 11) is 0. The van der Waals surface area contributed by atoms with Crippen LogP contribution in [-0.4, -0.2) is 35.6 Å². The molecule has 0 aromatic heterocycles. The number of nitrogens with one attached hydrogen (secondary N) is 2. The molecule has 10 N–H and O–H groups in total. The quantitative estimate of drug-likeness (QED) is 0.109. The summed E-state index contributed by atoms with van der Waals surface area (Å²) in [6.07, 6.45) is 6.47. The molecule has 2 aliphatic rings. The summed E-state index contributed by atoms with van der Waals surface area (Å²) in [5.74, 6) is -0.854. The number of benzene rings is 4. The lowest BCUT2D eigenvalue weighted by Crippen LogP contribution is -2.37. The van der Waals surface area contributed by atoms with Crippen molar-refractivity contribution in [2.75, 3.05) is 22.4 Å². The van der Waals surface area contributed by atoms with E-state index in [1.54, 1.807) is 42.5 Å². The fourth-order valence-corrected chi connectivity index (χ4v) is 5.89. The van der Waals surface area contributed by atoms with Crippen molar-refractivity contribution in [3.05, 3.63) is 136 Å². The van der Waals surface area contributed by atoms with Gasteiger partial charge in [0.15, 0.2) is 0 Å². The summed E-state index contributed by atoms with van der Waals surface area (Å²) in [4.78, 5) is 40.8. The summed E-state index contributed by atoms with van der Waals surface area (Å²) in [6, 6.07) is 23.5. The molecule has 0 spiro atoms. The van der Waals surface area contributed by atoms with Crippen LogP contribution >= 0.6 is 0 Å². The molecule has 4 aromatic carbocycles. The number of carbonyl (C=O) groups excluding carboxylic acids is 3. The van der Waals surface area contributed by atoms with E-state index >= 15 is 0 Å². The van der Waals surface area contributed by atoms with Crippen LogP contribution in [0.3, 0.4) is 0 Å². The van der Waals surface area contributed by atoms with E-state index in [4.69, 9.17) is 22.9 Å². The van der Waals surface area contributed by atoms with Gasteiger partial charge in [0.05, 0.1) is 18.0 Å². The zero-order chi connectivity index (χ0) is 34.5. The number of nitrogens with zero attached hydrogens (tertiary/aromatic N) is 3. The molecular formula is C37H35N9O3. The Morgan fingerprint density at radius 3 is 1.73 bits per heavy atom. The van der Waals surface area contributed by atoms with Crippen LogP contribution in [0.5, 0.6) is 0 Å². The Kier molecular flexibility index (Phi) is 9.65. The van der Waals surface area contributed by atoms with E-state index in [-0.39, 0.29) is 43.6 Å². The number of rotatable bonds is 10. The second-order valence-corrected chi connectivity index (χ2v) is 11.2. The Balaban J connectivity index is 1.28. The van der Waals surface area contributed by atoms with Gasteiger partial charge in [-0.2, -0.15) is 10.2 Å². The molecule has 0 radical (unpaired) electrons. The van der Waals surface area contributed by atoms with Crippen LogP contribution in [0.1, 0.15) is 49.3 Å². The Morgan fingerprint density at radius 2 is 1.20 bits per heavy atom. The summed E-state index contributed by atoms with van der Waals surface area (Å²) in [5.41, 5.74) is 38.0. The van der Waals surface area contributed by atoms with Crippen molar-refractivity contribution >= 4 is 58.1 Å². The number of hydrogen-bond acceptors (Lipinski definition) is 11. The summed E-state index contributed by atoms with van der Waals surface area (Å²) in [6.45, 7) is -0.0719. The van der Waals surface area contributed by atoms with Crippen LogP contribution in [0.25, 0.3) is 12.2 Å². The van der Waals surface area contributed by atoms with E-state index in [1.165, 1.54) is 17.1 Å². The first-order chi connectivity index (χ1) is 23.9. The lowest BCUT2D eigenvalue weighted by atomic mass is 9.93. The van der Waals surface area contributed by atoms with E-state index in [1.807, 2.05) is 48.5 Å². The van der Waals surface area contributed by atoms with Gasteiger partial charge in [-0.15, -0.1) is 0 Å². The predicted molar refractivity (Wildman–Crippen MR) is 194 cm³/mol. The second-order valence-electron chi connectivity index (χ2n) is 11.2. The second kappa shape index (κ2) is 14.4. The fourth-order valence-electron chi connectivity index (χ4n) is 5.89. The monoisotopic (exact) mass is 653 g/mol. The summed E-state index contributed by atoms with van der Waals surface area (Å²) < 4.78 is 0. The molecular weight excluding hydrogens is 618 g/mol. The number of anilines is 3. The highest BCUT2D eigenvalue weighted by atomic mass is 16.2. The van der Waals surface area contributed by atoms with Gasteiger partial charge in [-0.1, -0.05) is 60.7 Å². The van der Waals surface area contributed by atoms with E-state index in [0.29, 0.717) is 50.6 Å². The third kappa shape index (κ3) is 6.44. The van der Waals surface area contributed by atoms with Crippen LogP contribution in [0.2, 0.25) is 0 Å². The molecule has 0 unspecified atom stereocenters. The number of hydrazone groups is 2. The van der Waals surface area contributed by atoms with Gasteiger partial charge in [0, 0.05) is 42.0 Å². The minimum Gasteiger partial charge on any atom is -0.326 e. The van der Waals surface area contributed by atoms with Crippen molar-refractivity contribution < 1.29 is 14.4 Å². The van der Waals surface area contributed by atoms with Crippen molar-refractivity contribution in [2.45, 2.75) is 19.6 Å². The van der Waals surface area contributed by atoms with Gasteiger partial charge < -0.3 is 22.9 Å². The van der Waals surface area contributed by atoms with Crippen LogP contribution < -0.4 is 38.7 Å². The molecule has 49 heavy (non-hydrogen) atoms. The Hall–Kier alpha value is -6.05. The van der Waals surface area contributed by atoms with Crippen molar-refractivity contribution in [2.24, 2.45) is 33.1 Å². The molecule has 1 amide bonds. The standard InChI is InChI=1S/C37H35N9O3/c38-18-24-17-29(30(19-39)31(20-40)34(24)43-45-36-28-8-4-2-6-23(28)10-16-33(36)48)37(49)46(21-41)26-13-11-25(12-14-26)42-44-35-27-7-3-1-5-22(27)9-15-32(35)47/h1-17,42-43H,18-21,38-41H2/b44-35-,45-36-.